The monoisotopic (exact) mass is 284 g/mol. The predicted molar refractivity (Wildman–Crippen MR) is 69.5 cm³/mol. The average Bonchev–Trinajstić information content (AvgIpc) is 2.80. The van der Waals surface area contributed by atoms with Crippen molar-refractivity contribution < 1.29 is 13.2 Å². The number of nitrogens with two attached hydrogens (primary N) is 1. The van der Waals surface area contributed by atoms with Crippen molar-refractivity contribution >= 4 is 5.82 Å². The number of rotatable bonds is 3. The first-order valence-corrected chi connectivity index (χ1v) is 6.28. The zero-order valence-electron chi connectivity index (χ0n) is 11.2. The third-order valence-corrected chi connectivity index (χ3v) is 2.93. The van der Waals surface area contributed by atoms with Crippen molar-refractivity contribution in [3.05, 3.63) is 35.2 Å². The fraction of sp³-hybridized carbons (Fsp3) is 0.385. The summed E-state index contributed by atoms with van der Waals surface area (Å²) >= 11 is 0. The van der Waals surface area contributed by atoms with Gasteiger partial charge in [0, 0.05) is 5.69 Å². The van der Waals surface area contributed by atoms with Crippen molar-refractivity contribution in [2.45, 2.75) is 32.9 Å². The van der Waals surface area contributed by atoms with E-state index in [4.69, 9.17) is 5.73 Å². The van der Waals surface area contributed by atoms with E-state index in [9.17, 15) is 13.2 Å². The molecule has 2 rings (SSSR count). The van der Waals surface area contributed by atoms with Gasteiger partial charge in [0.25, 0.3) is 0 Å². The van der Waals surface area contributed by atoms with Gasteiger partial charge < -0.3 is 5.73 Å². The van der Waals surface area contributed by atoms with E-state index in [1.807, 2.05) is 19.9 Å². The maximum Gasteiger partial charge on any atom is 0.416 e. The van der Waals surface area contributed by atoms with Gasteiger partial charge in [-0.1, -0.05) is 13.8 Å². The molecule has 0 unspecified atom stereocenters. The van der Waals surface area contributed by atoms with Crippen LogP contribution in [0.3, 0.4) is 0 Å². The summed E-state index contributed by atoms with van der Waals surface area (Å²) in [6.07, 6.45) is -3.11. The highest BCUT2D eigenvalue weighted by molar-refractivity contribution is 5.42. The van der Waals surface area contributed by atoms with Gasteiger partial charge in [-0.2, -0.15) is 18.3 Å². The summed E-state index contributed by atoms with van der Waals surface area (Å²) in [7, 11) is 0. The van der Waals surface area contributed by atoms with Crippen LogP contribution in [0.25, 0.3) is 5.82 Å². The van der Waals surface area contributed by atoms with Gasteiger partial charge in [-0.15, -0.1) is 0 Å². The summed E-state index contributed by atoms with van der Waals surface area (Å²) in [5, 5.41) is 4.27. The van der Waals surface area contributed by atoms with Gasteiger partial charge in [-0.05, 0) is 31.0 Å². The van der Waals surface area contributed by atoms with Gasteiger partial charge in [0.15, 0.2) is 5.82 Å². The number of nitrogens with zero attached hydrogens (tertiary/aromatic N) is 3. The van der Waals surface area contributed by atoms with Crippen LogP contribution < -0.4 is 5.73 Å². The molecule has 0 fully saturated rings. The van der Waals surface area contributed by atoms with E-state index in [2.05, 4.69) is 10.1 Å². The van der Waals surface area contributed by atoms with Gasteiger partial charge in [0.2, 0.25) is 0 Å². The summed E-state index contributed by atoms with van der Waals surface area (Å²) in [6.45, 7) is 3.84. The molecule has 0 spiro atoms. The molecule has 108 valence electrons. The van der Waals surface area contributed by atoms with E-state index < -0.39 is 11.7 Å². The molecular weight excluding hydrogens is 269 g/mol. The molecule has 0 saturated carbocycles. The molecule has 2 heterocycles. The molecule has 0 atom stereocenters. The minimum atomic E-state index is -4.46. The maximum atomic E-state index is 12.8. The van der Waals surface area contributed by atoms with E-state index in [0.29, 0.717) is 12.8 Å². The van der Waals surface area contributed by atoms with Crippen molar-refractivity contribution in [1.29, 1.82) is 0 Å². The van der Waals surface area contributed by atoms with Crippen LogP contribution in [0, 0.1) is 0 Å². The SMILES string of the molecule is CCc1cc(CC)n(-c2cc(C(F)(F)F)cc(N)n2)n1. The van der Waals surface area contributed by atoms with Gasteiger partial charge in [0.1, 0.15) is 5.82 Å². The Bertz CT molecular complexity index is 617. The molecule has 2 N–H and O–H groups in total. The molecule has 0 aromatic carbocycles. The average molecular weight is 284 g/mol. The van der Waals surface area contributed by atoms with E-state index in [0.717, 1.165) is 23.5 Å². The predicted octanol–water partition coefficient (Wildman–Crippen LogP) is 2.99. The molecule has 7 heteroatoms. The number of hydrogen-bond donors (Lipinski definition) is 1. The standard InChI is InChI=1S/C13H15F3N4/c1-3-9-7-10(4-2)20(19-9)12-6-8(13(14,15)16)5-11(17)18-12/h5-7H,3-4H2,1-2H3,(H2,17,18). The molecule has 0 aliphatic heterocycles. The minimum absolute atomic E-state index is 0.0916. The highest BCUT2D eigenvalue weighted by atomic mass is 19.4. The molecule has 20 heavy (non-hydrogen) atoms. The zero-order valence-corrected chi connectivity index (χ0v) is 11.2. The summed E-state index contributed by atoms with van der Waals surface area (Å²) in [5.74, 6) is -0.0840. The number of aromatic nitrogens is 3. The Hall–Kier alpha value is -2.05. The Morgan fingerprint density at radius 3 is 2.40 bits per heavy atom. The molecule has 2 aromatic rings. The zero-order chi connectivity index (χ0) is 14.9. The summed E-state index contributed by atoms with van der Waals surface area (Å²) < 4.78 is 39.8. The van der Waals surface area contributed by atoms with Crippen LogP contribution in [-0.2, 0) is 19.0 Å². The topological polar surface area (TPSA) is 56.7 Å². The largest absolute Gasteiger partial charge is 0.416 e. The lowest BCUT2D eigenvalue weighted by Crippen LogP contribution is -2.11. The van der Waals surface area contributed by atoms with E-state index in [1.165, 1.54) is 4.68 Å². The summed E-state index contributed by atoms with van der Waals surface area (Å²) in [4.78, 5) is 3.95. The van der Waals surface area contributed by atoms with Crippen LogP contribution in [0.1, 0.15) is 30.8 Å². The fourth-order valence-electron chi connectivity index (χ4n) is 1.91. The smallest absolute Gasteiger partial charge is 0.384 e. The third kappa shape index (κ3) is 2.76. The number of halogens is 3. The molecule has 4 nitrogen and oxygen atoms in total. The quantitative estimate of drug-likeness (QED) is 0.942. The number of anilines is 1. The molecule has 0 amide bonds. The molecule has 0 radical (unpaired) electrons. The van der Waals surface area contributed by atoms with Crippen LogP contribution >= 0.6 is 0 Å². The Morgan fingerprint density at radius 2 is 1.85 bits per heavy atom. The van der Waals surface area contributed by atoms with Crippen LogP contribution in [0.4, 0.5) is 19.0 Å². The number of hydrogen-bond acceptors (Lipinski definition) is 3. The van der Waals surface area contributed by atoms with E-state index >= 15 is 0 Å². The van der Waals surface area contributed by atoms with Gasteiger partial charge in [-0.3, -0.25) is 0 Å². The summed E-state index contributed by atoms with van der Waals surface area (Å²) in [5.41, 5.74) is 6.25. The number of pyridine rings is 1. The Labute approximate surface area is 114 Å². The van der Waals surface area contributed by atoms with Crippen LogP contribution in [0.5, 0.6) is 0 Å². The lowest BCUT2D eigenvalue weighted by Gasteiger charge is -2.11. The highest BCUT2D eigenvalue weighted by Gasteiger charge is 2.31. The Kier molecular flexibility index (Phi) is 3.69. The van der Waals surface area contributed by atoms with Gasteiger partial charge >= 0.3 is 6.18 Å². The van der Waals surface area contributed by atoms with Crippen molar-refractivity contribution in [3.63, 3.8) is 0 Å². The van der Waals surface area contributed by atoms with Crippen molar-refractivity contribution in [2.75, 3.05) is 5.73 Å². The van der Waals surface area contributed by atoms with Gasteiger partial charge in [0.05, 0.1) is 11.3 Å². The number of nitrogen functional groups attached to an aromatic ring is 1. The fourth-order valence-corrected chi connectivity index (χ4v) is 1.91. The second-order valence-electron chi connectivity index (χ2n) is 4.38. The van der Waals surface area contributed by atoms with Crippen LogP contribution in [0.15, 0.2) is 18.2 Å². The number of alkyl halides is 3. The molecule has 0 aliphatic carbocycles. The first-order valence-electron chi connectivity index (χ1n) is 6.28. The second-order valence-corrected chi connectivity index (χ2v) is 4.38. The summed E-state index contributed by atoms with van der Waals surface area (Å²) in [6, 6.07) is 3.64. The number of aryl methyl sites for hydroxylation is 2. The third-order valence-electron chi connectivity index (χ3n) is 2.93. The molecule has 2 aromatic heterocycles. The van der Waals surface area contributed by atoms with Crippen LogP contribution in [-0.4, -0.2) is 14.8 Å². The highest BCUT2D eigenvalue weighted by Crippen LogP contribution is 2.31. The van der Waals surface area contributed by atoms with Gasteiger partial charge in [-0.25, -0.2) is 9.67 Å². The maximum absolute atomic E-state index is 12.8. The lowest BCUT2D eigenvalue weighted by atomic mass is 10.2. The van der Waals surface area contributed by atoms with Crippen molar-refractivity contribution in [3.8, 4) is 5.82 Å². The first kappa shape index (κ1) is 14.4. The van der Waals surface area contributed by atoms with E-state index in [-0.39, 0.29) is 11.6 Å². The van der Waals surface area contributed by atoms with Crippen molar-refractivity contribution in [2.24, 2.45) is 0 Å². The second kappa shape index (κ2) is 5.15. The van der Waals surface area contributed by atoms with Crippen molar-refractivity contribution in [1.82, 2.24) is 14.8 Å². The first-order chi connectivity index (χ1) is 9.35. The molecular formula is C13H15F3N4. The normalized spacial score (nSPS) is 11.8. The Morgan fingerprint density at radius 1 is 1.15 bits per heavy atom. The minimum Gasteiger partial charge on any atom is -0.384 e. The Balaban J connectivity index is 2.58. The van der Waals surface area contributed by atoms with Crippen LogP contribution in [0.2, 0.25) is 0 Å². The molecule has 0 saturated heterocycles. The lowest BCUT2D eigenvalue weighted by molar-refractivity contribution is -0.137. The van der Waals surface area contributed by atoms with E-state index in [1.54, 1.807) is 0 Å². The molecule has 0 aliphatic rings. The molecule has 0 bridgehead atoms.